The second-order valence-electron chi connectivity index (χ2n) is 6.64. The maximum Gasteiger partial charge on any atom is 0.231 e. The van der Waals surface area contributed by atoms with Gasteiger partial charge in [-0.3, -0.25) is 9.59 Å². The molecular formula is C20H20N4O2S2. The molecule has 0 aliphatic carbocycles. The number of thiophene rings is 1. The molecule has 0 radical (unpaired) electrons. The van der Waals surface area contributed by atoms with Crippen molar-refractivity contribution in [3.05, 3.63) is 57.2 Å². The van der Waals surface area contributed by atoms with Crippen molar-refractivity contribution in [3.8, 4) is 0 Å². The Morgan fingerprint density at radius 3 is 2.89 bits per heavy atom. The van der Waals surface area contributed by atoms with Crippen LogP contribution in [0.15, 0.2) is 41.8 Å². The summed E-state index contributed by atoms with van der Waals surface area (Å²) in [6, 6.07) is 11.9. The zero-order chi connectivity index (χ0) is 19.5. The largest absolute Gasteiger partial charge is 0.311 e. The molecule has 0 unspecified atom stereocenters. The number of amides is 2. The van der Waals surface area contributed by atoms with Crippen molar-refractivity contribution in [1.29, 1.82) is 0 Å². The van der Waals surface area contributed by atoms with Crippen LogP contribution in [0, 0.1) is 0 Å². The standard InChI is InChI=1S/C20H20N4O2S2/c1-2-13-6-3-4-8-16(13)24-12-14(10-18(24)26)19-22-23-20(28-19)21-17(25)11-15-7-5-9-27-15/h3-9,14H,2,10-12H2,1H3,(H,21,23,25)/t14-/m0/s1. The van der Waals surface area contributed by atoms with E-state index < -0.39 is 0 Å². The first-order valence-corrected chi connectivity index (χ1v) is 10.9. The van der Waals surface area contributed by atoms with Crippen molar-refractivity contribution in [3.63, 3.8) is 0 Å². The topological polar surface area (TPSA) is 75.2 Å². The van der Waals surface area contributed by atoms with E-state index in [9.17, 15) is 9.59 Å². The summed E-state index contributed by atoms with van der Waals surface area (Å²) in [5.41, 5.74) is 2.14. The monoisotopic (exact) mass is 412 g/mol. The number of rotatable bonds is 6. The van der Waals surface area contributed by atoms with Crippen molar-refractivity contribution in [2.45, 2.75) is 32.1 Å². The first-order chi connectivity index (χ1) is 13.6. The Labute approximate surface area is 171 Å². The molecule has 2 aromatic heterocycles. The highest BCUT2D eigenvalue weighted by atomic mass is 32.1. The fourth-order valence-electron chi connectivity index (χ4n) is 3.36. The molecule has 3 heterocycles. The molecule has 1 aliphatic rings. The highest BCUT2D eigenvalue weighted by Crippen LogP contribution is 2.35. The molecule has 1 atom stereocenters. The van der Waals surface area contributed by atoms with E-state index in [0.717, 1.165) is 27.6 Å². The number of anilines is 2. The Hall–Kier alpha value is -2.58. The number of aromatic nitrogens is 2. The van der Waals surface area contributed by atoms with Crippen LogP contribution in [0.3, 0.4) is 0 Å². The summed E-state index contributed by atoms with van der Waals surface area (Å²) in [6.07, 6.45) is 1.62. The second-order valence-corrected chi connectivity index (χ2v) is 8.68. The number of benzene rings is 1. The Morgan fingerprint density at radius 2 is 2.11 bits per heavy atom. The minimum atomic E-state index is -0.105. The zero-order valence-electron chi connectivity index (χ0n) is 15.4. The second kappa shape index (κ2) is 8.20. The Bertz CT molecular complexity index is 984. The summed E-state index contributed by atoms with van der Waals surface area (Å²) in [6.45, 7) is 2.68. The molecule has 28 heavy (non-hydrogen) atoms. The van der Waals surface area contributed by atoms with Gasteiger partial charge < -0.3 is 10.2 Å². The summed E-state index contributed by atoms with van der Waals surface area (Å²) < 4.78 is 0. The van der Waals surface area contributed by atoms with Crippen LogP contribution in [-0.4, -0.2) is 28.6 Å². The number of carbonyl (C=O) groups excluding carboxylic acids is 2. The van der Waals surface area contributed by atoms with E-state index >= 15 is 0 Å². The van der Waals surface area contributed by atoms with E-state index in [1.54, 1.807) is 11.3 Å². The van der Waals surface area contributed by atoms with Crippen LogP contribution >= 0.6 is 22.7 Å². The normalized spacial score (nSPS) is 16.5. The molecule has 144 valence electrons. The van der Waals surface area contributed by atoms with Crippen LogP contribution in [0.2, 0.25) is 0 Å². The van der Waals surface area contributed by atoms with E-state index in [1.165, 1.54) is 11.3 Å². The van der Waals surface area contributed by atoms with Crippen molar-refractivity contribution in [1.82, 2.24) is 10.2 Å². The maximum atomic E-state index is 12.6. The van der Waals surface area contributed by atoms with Crippen molar-refractivity contribution >= 4 is 45.3 Å². The summed E-state index contributed by atoms with van der Waals surface area (Å²) in [7, 11) is 0. The first-order valence-electron chi connectivity index (χ1n) is 9.18. The summed E-state index contributed by atoms with van der Waals surface area (Å²) in [5, 5.41) is 14.4. The van der Waals surface area contributed by atoms with Crippen molar-refractivity contribution in [2.75, 3.05) is 16.8 Å². The quantitative estimate of drug-likeness (QED) is 0.667. The molecule has 1 aromatic carbocycles. The molecule has 1 N–H and O–H groups in total. The van der Waals surface area contributed by atoms with E-state index in [2.05, 4.69) is 28.5 Å². The highest BCUT2D eigenvalue weighted by Gasteiger charge is 2.34. The highest BCUT2D eigenvalue weighted by molar-refractivity contribution is 7.15. The number of nitrogens with zero attached hydrogens (tertiary/aromatic N) is 3. The molecule has 1 aliphatic heterocycles. The fraction of sp³-hybridized carbons (Fsp3) is 0.300. The van der Waals surface area contributed by atoms with Gasteiger partial charge in [-0.25, -0.2) is 0 Å². The number of hydrogen-bond acceptors (Lipinski definition) is 6. The lowest BCUT2D eigenvalue weighted by molar-refractivity contribution is -0.117. The lowest BCUT2D eigenvalue weighted by atomic mass is 10.1. The van der Waals surface area contributed by atoms with Crippen LogP contribution in [0.5, 0.6) is 0 Å². The van der Waals surface area contributed by atoms with Gasteiger partial charge in [-0.15, -0.1) is 21.5 Å². The van der Waals surface area contributed by atoms with E-state index in [1.807, 2.05) is 40.6 Å². The lowest BCUT2D eigenvalue weighted by Gasteiger charge is -2.19. The molecule has 1 saturated heterocycles. The third kappa shape index (κ3) is 3.98. The average Bonchev–Trinajstić information content (AvgIpc) is 3.43. The summed E-state index contributed by atoms with van der Waals surface area (Å²) >= 11 is 2.90. The fourth-order valence-corrected chi connectivity index (χ4v) is 4.92. The molecule has 0 spiro atoms. The number of para-hydroxylation sites is 1. The third-order valence-electron chi connectivity index (χ3n) is 4.74. The molecule has 4 rings (SSSR count). The lowest BCUT2D eigenvalue weighted by Crippen LogP contribution is -2.25. The van der Waals surface area contributed by atoms with Gasteiger partial charge in [0.25, 0.3) is 0 Å². The Balaban J connectivity index is 1.43. The molecule has 0 saturated carbocycles. The predicted octanol–water partition coefficient (Wildman–Crippen LogP) is 3.86. The van der Waals surface area contributed by atoms with Gasteiger partial charge in [0.2, 0.25) is 16.9 Å². The van der Waals surface area contributed by atoms with Crippen molar-refractivity contribution in [2.24, 2.45) is 0 Å². The van der Waals surface area contributed by atoms with Crippen LogP contribution in [0.4, 0.5) is 10.8 Å². The smallest absolute Gasteiger partial charge is 0.231 e. The minimum Gasteiger partial charge on any atom is -0.311 e. The molecule has 8 heteroatoms. The molecule has 3 aromatic rings. The molecule has 6 nitrogen and oxygen atoms in total. The maximum absolute atomic E-state index is 12.6. The van der Waals surface area contributed by atoms with Crippen LogP contribution < -0.4 is 10.2 Å². The van der Waals surface area contributed by atoms with Crippen molar-refractivity contribution < 1.29 is 9.59 Å². The molecular weight excluding hydrogens is 392 g/mol. The first kappa shape index (κ1) is 18.8. The SMILES string of the molecule is CCc1ccccc1N1C[C@@H](c2nnc(NC(=O)Cc3cccs3)s2)CC1=O. The van der Waals surface area contributed by atoms with Gasteiger partial charge in [-0.2, -0.15) is 0 Å². The Kier molecular flexibility index (Phi) is 5.50. The van der Waals surface area contributed by atoms with Gasteiger partial charge in [0.15, 0.2) is 0 Å². The van der Waals surface area contributed by atoms with E-state index in [4.69, 9.17) is 0 Å². The van der Waals surface area contributed by atoms with Gasteiger partial charge in [0.1, 0.15) is 5.01 Å². The molecule has 2 amide bonds. The number of nitrogens with one attached hydrogen (secondary N) is 1. The molecule has 0 bridgehead atoms. The average molecular weight is 413 g/mol. The van der Waals surface area contributed by atoms with E-state index in [-0.39, 0.29) is 17.7 Å². The summed E-state index contributed by atoms with van der Waals surface area (Å²) in [5.74, 6) is -0.00612. The number of carbonyl (C=O) groups is 2. The number of aryl methyl sites for hydroxylation is 1. The van der Waals surface area contributed by atoms with Gasteiger partial charge in [0.05, 0.1) is 6.42 Å². The van der Waals surface area contributed by atoms with Gasteiger partial charge in [-0.1, -0.05) is 42.5 Å². The van der Waals surface area contributed by atoms with Crippen LogP contribution in [0.1, 0.15) is 34.7 Å². The number of hydrogen-bond donors (Lipinski definition) is 1. The minimum absolute atomic E-state index is 0.00198. The van der Waals surface area contributed by atoms with E-state index in [0.29, 0.717) is 24.5 Å². The third-order valence-corrected chi connectivity index (χ3v) is 6.62. The Morgan fingerprint density at radius 1 is 1.25 bits per heavy atom. The zero-order valence-corrected chi connectivity index (χ0v) is 17.1. The van der Waals surface area contributed by atoms with Gasteiger partial charge in [0, 0.05) is 29.4 Å². The molecule has 1 fully saturated rings. The van der Waals surface area contributed by atoms with Gasteiger partial charge >= 0.3 is 0 Å². The summed E-state index contributed by atoms with van der Waals surface area (Å²) in [4.78, 5) is 27.6. The van der Waals surface area contributed by atoms with Crippen LogP contribution in [0.25, 0.3) is 0 Å². The predicted molar refractivity (Wildman–Crippen MR) is 112 cm³/mol. The van der Waals surface area contributed by atoms with Crippen LogP contribution in [-0.2, 0) is 22.4 Å². The van der Waals surface area contributed by atoms with Gasteiger partial charge in [-0.05, 0) is 29.5 Å².